The van der Waals surface area contributed by atoms with Crippen LogP contribution in [0.5, 0.6) is 17.2 Å². The Morgan fingerprint density at radius 1 is 0.957 bits per heavy atom. The Kier molecular flexibility index (Phi) is 4.10. The lowest BCUT2D eigenvalue weighted by Gasteiger charge is -2.32. The molecule has 2 aromatic carbocycles. The van der Waals surface area contributed by atoms with E-state index >= 15 is 0 Å². The van der Waals surface area contributed by atoms with Crippen molar-refractivity contribution < 1.29 is 20.1 Å². The molecule has 1 aliphatic rings. The third kappa shape index (κ3) is 3.08. The molecule has 5 heteroatoms. The van der Waals surface area contributed by atoms with Gasteiger partial charge in [-0.05, 0) is 36.5 Å². The minimum Gasteiger partial charge on any atom is -0.504 e. The number of carbonyl (C=O) groups excluding carboxylic acids is 1. The molecular weight excluding hydrogens is 294 g/mol. The standard InChI is InChI=1S/C18H19NO4/c20-15-10-14(11-16(21)17(15)22)18(23)19-8-6-13(7-9-19)12-4-2-1-3-5-12/h1-5,10-11,13,20-22H,6-9H2. The van der Waals surface area contributed by atoms with Crippen molar-refractivity contribution in [1.29, 1.82) is 0 Å². The maximum atomic E-state index is 12.5. The van der Waals surface area contributed by atoms with Gasteiger partial charge >= 0.3 is 0 Å². The molecule has 1 fully saturated rings. The molecule has 5 nitrogen and oxygen atoms in total. The molecule has 0 spiro atoms. The first kappa shape index (κ1) is 15.2. The SMILES string of the molecule is O=C(c1cc(O)c(O)c(O)c1)N1CCC(c2ccccc2)CC1. The zero-order valence-corrected chi connectivity index (χ0v) is 12.6. The van der Waals surface area contributed by atoms with E-state index in [2.05, 4.69) is 12.1 Å². The van der Waals surface area contributed by atoms with Crippen molar-refractivity contribution in [3.8, 4) is 17.2 Å². The van der Waals surface area contributed by atoms with E-state index in [4.69, 9.17) is 0 Å². The Labute approximate surface area is 134 Å². The topological polar surface area (TPSA) is 81.0 Å². The van der Waals surface area contributed by atoms with Gasteiger partial charge in [0.1, 0.15) is 0 Å². The highest BCUT2D eigenvalue weighted by molar-refractivity contribution is 5.95. The number of likely N-dealkylation sites (tertiary alicyclic amines) is 1. The van der Waals surface area contributed by atoms with Crippen LogP contribution in [0.25, 0.3) is 0 Å². The van der Waals surface area contributed by atoms with E-state index < -0.39 is 17.2 Å². The molecule has 3 N–H and O–H groups in total. The fourth-order valence-corrected chi connectivity index (χ4v) is 3.05. The first-order valence-corrected chi connectivity index (χ1v) is 7.65. The second-order valence-electron chi connectivity index (χ2n) is 5.84. The maximum absolute atomic E-state index is 12.5. The largest absolute Gasteiger partial charge is 0.504 e. The van der Waals surface area contributed by atoms with Gasteiger partial charge in [-0.15, -0.1) is 0 Å². The second-order valence-corrected chi connectivity index (χ2v) is 5.84. The highest BCUT2D eigenvalue weighted by atomic mass is 16.3. The van der Waals surface area contributed by atoms with E-state index in [1.807, 2.05) is 18.2 Å². The minimum atomic E-state index is -0.607. The third-order valence-corrected chi connectivity index (χ3v) is 4.37. The number of aromatic hydroxyl groups is 3. The smallest absolute Gasteiger partial charge is 0.254 e. The van der Waals surface area contributed by atoms with Crippen molar-refractivity contribution in [2.75, 3.05) is 13.1 Å². The van der Waals surface area contributed by atoms with Crippen molar-refractivity contribution >= 4 is 5.91 Å². The number of hydrogen-bond acceptors (Lipinski definition) is 4. The molecule has 1 aliphatic heterocycles. The number of amides is 1. The van der Waals surface area contributed by atoms with Crippen LogP contribution in [0.15, 0.2) is 42.5 Å². The molecule has 0 aliphatic carbocycles. The molecular formula is C18H19NO4. The Balaban J connectivity index is 1.69. The van der Waals surface area contributed by atoms with Crippen molar-refractivity contribution in [2.24, 2.45) is 0 Å². The van der Waals surface area contributed by atoms with Crippen molar-refractivity contribution in [3.63, 3.8) is 0 Å². The second kappa shape index (κ2) is 6.20. The Hall–Kier alpha value is -2.69. The van der Waals surface area contributed by atoms with E-state index in [1.54, 1.807) is 4.90 Å². The van der Waals surface area contributed by atoms with Crippen LogP contribution in [0.4, 0.5) is 0 Å². The monoisotopic (exact) mass is 313 g/mol. The number of carbonyl (C=O) groups is 1. The lowest BCUT2D eigenvalue weighted by atomic mass is 9.89. The average Bonchev–Trinajstić information content (AvgIpc) is 2.59. The van der Waals surface area contributed by atoms with Crippen molar-refractivity contribution in [3.05, 3.63) is 53.6 Å². The normalized spacial score (nSPS) is 15.6. The number of hydrogen-bond donors (Lipinski definition) is 3. The van der Waals surface area contributed by atoms with Gasteiger partial charge in [-0.25, -0.2) is 0 Å². The first-order valence-electron chi connectivity index (χ1n) is 7.65. The van der Waals surface area contributed by atoms with Gasteiger partial charge in [0.15, 0.2) is 17.2 Å². The van der Waals surface area contributed by atoms with E-state index in [9.17, 15) is 20.1 Å². The number of benzene rings is 2. The van der Waals surface area contributed by atoms with Gasteiger partial charge < -0.3 is 20.2 Å². The number of rotatable bonds is 2. The summed E-state index contributed by atoms with van der Waals surface area (Å²) in [6, 6.07) is 12.6. The van der Waals surface area contributed by atoms with Crippen molar-refractivity contribution in [2.45, 2.75) is 18.8 Å². The Morgan fingerprint density at radius 2 is 1.52 bits per heavy atom. The van der Waals surface area contributed by atoms with Crippen molar-refractivity contribution in [1.82, 2.24) is 4.90 Å². The van der Waals surface area contributed by atoms with Crippen LogP contribution in [0, 0.1) is 0 Å². The van der Waals surface area contributed by atoms with Gasteiger partial charge in [0.2, 0.25) is 0 Å². The van der Waals surface area contributed by atoms with E-state index in [-0.39, 0.29) is 11.5 Å². The molecule has 1 amide bonds. The fraction of sp³-hybridized carbons (Fsp3) is 0.278. The predicted octanol–water partition coefficient (Wildman–Crippen LogP) is 2.82. The predicted molar refractivity (Wildman–Crippen MR) is 85.8 cm³/mol. The average molecular weight is 313 g/mol. The quantitative estimate of drug-likeness (QED) is 0.745. The molecule has 120 valence electrons. The van der Waals surface area contributed by atoms with Gasteiger partial charge in [-0.1, -0.05) is 30.3 Å². The lowest BCUT2D eigenvalue weighted by Crippen LogP contribution is -2.37. The summed E-state index contributed by atoms with van der Waals surface area (Å²) < 4.78 is 0. The molecule has 1 heterocycles. The summed E-state index contributed by atoms with van der Waals surface area (Å²) in [7, 11) is 0. The van der Waals surface area contributed by atoms with E-state index in [1.165, 1.54) is 17.7 Å². The molecule has 0 unspecified atom stereocenters. The van der Waals surface area contributed by atoms with E-state index in [0.29, 0.717) is 19.0 Å². The van der Waals surface area contributed by atoms with E-state index in [0.717, 1.165) is 12.8 Å². The molecule has 3 rings (SSSR count). The Bertz CT molecular complexity index is 683. The summed E-state index contributed by atoms with van der Waals surface area (Å²) in [5, 5.41) is 28.4. The number of nitrogens with zero attached hydrogens (tertiary/aromatic N) is 1. The molecule has 2 aromatic rings. The Morgan fingerprint density at radius 3 is 2.09 bits per heavy atom. The summed E-state index contributed by atoms with van der Waals surface area (Å²) in [6.07, 6.45) is 1.76. The van der Waals surface area contributed by atoms with Crippen LogP contribution < -0.4 is 0 Å². The molecule has 0 aromatic heterocycles. The lowest BCUT2D eigenvalue weighted by molar-refractivity contribution is 0.0712. The van der Waals surface area contributed by atoms with Crippen LogP contribution in [0.2, 0.25) is 0 Å². The zero-order valence-electron chi connectivity index (χ0n) is 12.6. The van der Waals surface area contributed by atoms with Gasteiger partial charge in [-0.2, -0.15) is 0 Å². The summed E-state index contributed by atoms with van der Waals surface area (Å²) in [6.45, 7) is 1.25. The summed E-state index contributed by atoms with van der Waals surface area (Å²) in [4.78, 5) is 14.2. The van der Waals surface area contributed by atoms with Gasteiger partial charge in [0, 0.05) is 18.7 Å². The first-order chi connectivity index (χ1) is 11.1. The van der Waals surface area contributed by atoms with Crippen LogP contribution in [0.3, 0.4) is 0 Å². The fourth-order valence-electron chi connectivity index (χ4n) is 3.05. The van der Waals surface area contributed by atoms with Gasteiger partial charge in [-0.3, -0.25) is 4.79 Å². The zero-order chi connectivity index (χ0) is 16.4. The maximum Gasteiger partial charge on any atom is 0.254 e. The summed E-state index contributed by atoms with van der Waals surface area (Å²) in [5.74, 6) is -1.40. The molecule has 23 heavy (non-hydrogen) atoms. The highest BCUT2D eigenvalue weighted by Crippen LogP contribution is 2.36. The third-order valence-electron chi connectivity index (χ3n) is 4.37. The van der Waals surface area contributed by atoms with Gasteiger partial charge in [0.05, 0.1) is 0 Å². The minimum absolute atomic E-state index is 0.177. The molecule has 0 saturated carbocycles. The molecule has 1 saturated heterocycles. The number of piperidine rings is 1. The summed E-state index contributed by atoms with van der Waals surface area (Å²) in [5.41, 5.74) is 1.47. The van der Waals surface area contributed by atoms with Crippen LogP contribution in [-0.4, -0.2) is 39.2 Å². The molecule has 0 radical (unpaired) electrons. The van der Waals surface area contributed by atoms with Gasteiger partial charge in [0.25, 0.3) is 5.91 Å². The van der Waals surface area contributed by atoms with Crippen LogP contribution >= 0.6 is 0 Å². The number of phenols is 3. The highest BCUT2D eigenvalue weighted by Gasteiger charge is 2.25. The van der Waals surface area contributed by atoms with Crippen LogP contribution in [0.1, 0.15) is 34.7 Å². The summed E-state index contributed by atoms with van der Waals surface area (Å²) >= 11 is 0. The molecule has 0 atom stereocenters. The van der Waals surface area contributed by atoms with Crippen LogP contribution in [-0.2, 0) is 0 Å². The number of phenolic OH excluding ortho intramolecular Hbond substituents is 3. The molecule has 0 bridgehead atoms.